The Balaban J connectivity index is 0.00000128. The zero-order valence-corrected chi connectivity index (χ0v) is 11.1. The van der Waals surface area contributed by atoms with Crippen LogP contribution in [-0.4, -0.2) is 16.1 Å². The summed E-state index contributed by atoms with van der Waals surface area (Å²) in [5, 5.41) is 0.650. The SMILES string of the molecule is Cc1nc2ccccc2c(=O)n1CCN.Cl.Cl. The monoisotopic (exact) mass is 275 g/mol. The summed E-state index contributed by atoms with van der Waals surface area (Å²) in [5.74, 6) is 0.712. The molecule has 0 atom stereocenters. The topological polar surface area (TPSA) is 60.9 Å². The van der Waals surface area contributed by atoms with E-state index in [1.165, 1.54) is 0 Å². The van der Waals surface area contributed by atoms with Gasteiger partial charge in [-0.1, -0.05) is 12.1 Å². The summed E-state index contributed by atoms with van der Waals surface area (Å²) in [7, 11) is 0. The lowest BCUT2D eigenvalue weighted by Gasteiger charge is -2.08. The van der Waals surface area contributed by atoms with E-state index in [4.69, 9.17) is 5.73 Å². The minimum Gasteiger partial charge on any atom is -0.329 e. The molecular weight excluding hydrogens is 261 g/mol. The molecule has 1 aromatic heterocycles. The van der Waals surface area contributed by atoms with Gasteiger partial charge in [-0.05, 0) is 19.1 Å². The standard InChI is InChI=1S/C11H13N3O.2ClH/c1-8-13-10-5-3-2-4-9(10)11(15)14(8)7-6-12;;/h2-5H,6-7,12H2,1H3;2*1H. The Hall–Kier alpha value is -1.10. The molecule has 1 heterocycles. The number of hydrogen-bond donors (Lipinski definition) is 1. The summed E-state index contributed by atoms with van der Waals surface area (Å²) >= 11 is 0. The largest absolute Gasteiger partial charge is 0.329 e. The highest BCUT2D eigenvalue weighted by Gasteiger charge is 2.05. The third kappa shape index (κ3) is 2.97. The van der Waals surface area contributed by atoms with Crippen LogP contribution in [0.2, 0.25) is 0 Å². The summed E-state index contributed by atoms with van der Waals surface area (Å²) in [6.45, 7) is 2.78. The van der Waals surface area contributed by atoms with Gasteiger partial charge < -0.3 is 5.73 Å². The van der Waals surface area contributed by atoms with Gasteiger partial charge in [-0.25, -0.2) is 4.98 Å². The molecule has 0 saturated heterocycles. The first-order valence-electron chi connectivity index (χ1n) is 4.90. The fraction of sp³-hybridized carbons (Fsp3) is 0.273. The van der Waals surface area contributed by atoms with Crippen molar-refractivity contribution in [1.82, 2.24) is 9.55 Å². The van der Waals surface area contributed by atoms with Gasteiger partial charge >= 0.3 is 0 Å². The zero-order valence-electron chi connectivity index (χ0n) is 9.42. The highest BCUT2D eigenvalue weighted by Crippen LogP contribution is 2.06. The van der Waals surface area contributed by atoms with Gasteiger partial charge in [0.05, 0.1) is 10.9 Å². The molecule has 17 heavy (non-hydrogen) atoms. The van der Waals surface area contributed by atoms with Crippen molar-refractivity contribution in [3.63, 3.8) is 0 Å². The number of halogens is 2. The molecule has 0 aliphatic heterocycles. The van der Waals surface area contributed by atoms with Crippen LogP contribution >= 0.6 is 24.8 Å². The van der Waals surface area contributed by atoms with E-state index < -0.39 is 0 Å². The van der Waals surface area contributed by atoms with Gasteiger partial charge in [0.1, 0.15) is 5.82 Å². The van der Waals surface area contributed by atoms with Crippen LogP contribution in [0.1, 0.15) is 5.82 Å². The molecule has 0 amide bonds. The van der Waals surface area contributed by atoms with Crippen LogP contribution in [-0.2, 0) is 6.54 Å². The molecule has 2 aromatic rings. The maximum absolute atomic E-state index is 12.0. The van der Waals surface area contributed by atoms with Crippen LogP contribution < -0.4 is 11.3 Å². The number of aryl methyl sites for hydroxylation is 1. The summed E-state index contributed by atoms with van der Waals surface area (Å²) in [6.07, 6.45) is 0. The van der Waals surface area contributed by atoms with Crippen molar-refractivity contribution in [3.05, 3.63) is 40.4 Å². The van der Waals surface area contributed by atoms with E-state index in [1.54, 1.807) is 10.6 Å². The van der Waals surface area contributed by atoms with Crippen molar-refractivity contribution in [2.75, 3.05) is 6.54 Å². The van der Waals surface area contributed by atoms with E-state index in [0.29, 0.717) is 24.3 Å². The van der Waals surface area contributed by atoms with Crippen LogP contribution in [0.4, 0.5) is 0 Å². The zero-order chi connectivity index (χ0) is 10.8. The molecule has 94 valence electrons. The first-order valence-corrected chi connectivity index (χ1v) is 4.90. The Morgan fingerprint density at radius 1 is 1.29 bits per heavy atom. The van der Waals surface area contributed by atoms with Gasteiger partial charge in [0, 0.05) is 13.1 Å². The van der Waals surface area contributed by atoms with Gasteiger partial charge in [0.25, 0.3) is 5.56 Å². The fourth-order valence-corrected chi connectivity index (χ4v) is 1.67. The Bertz CT molecular complexity index is 554. The number of para-hydroxylation sites is 1. The molecule has 0 aliphatic rings. The summed E-state index contributed by atoms with van der Waals surface area (Å²) in [5.41, 5.74) is 6.19. The van der Waals surface area contributed by atoms with Gasteiger partial charge in [-0.3, -0.25) is 9.36 Å². The number of aromatic nitrogens is 2. The molecule has 1 aromatic carbocycles. The van der Waals surface area contributed by atoms with Gasteiger partial charge in [0.2, 0.25) is 0 Å². The molecular formula is C11H15Cl2N3O. The smallest absolute Gasteiger partial charge is 0.261 e. The minimum absolute atomic E-state index is 0. The molecule has 0 radical (unpaired) electrons. The second-order valence-corrected chi connectivity index (χ2v) is 3.42. The van der Waals surface area contributed by atoms with E-state index in [2.05, 4.69) is 4.98 Å². The predicted molar refractivity (Wildman–Crippen MR) is 74.3 cm³/mol. The minimum atomic E-state index is -0.0106. The quantitative estimate of drug-likeness (QED) is 0.904. The number of hydrogen-bond acceptors (Lipinski definition) is 3. The van der Waals surface area contributed by atoms with E-state index in [1.807, 2.05) is 25.1 Å². The van der Waals surface area contributed by atoms with E-state index in [-0.39, 0.29) is 30.4 Å². The highest BCUT2D eigenvalue weighted by atomic mass is 35.5. The van der Waals surface area contributed by atoms with Crippen LogP contribution in [0.25, 0.3) is 10.9 Å². The molecule has 2 rings (SSSR count). The Morgan fingerprint density at radius 3 is 2.59 bits per heavy atom. The van der Waals surface area contributed by atoms with Crippen molar-refractivity contribution in [2.24, 2.45) is 5.73 Å². The molecule has 4 nitrogen and oxygen atoms in total. The van der Waals surface area contributed by atoms with Gasteiger partial charge in [-0.2, -0.15) is 0 Å². The highest BCUT2D eigenvalue weighted by molar-refractivity contribution is 5.85. The van der Waals surface area contributed by atoms with Crippen LogP contribution in [0.3, 0.4) is 0 Å². The summed E-state index contributed by atoms with van der Waals surface area (Å²) < 4.78 is 1.61. The Morgan fingerprint density at radius 2 is 1.94 bits per heavy atom. The lowest BCUT2D eigenvalue weighted by molar-refractivity contribution is 0.648. The lowest BCUT2D eigenvalue weighted by atomic mass is 10.2. The normalized spacial score (nSPS) is 9.53. The van der Waals surface area contributed by atoms with E-state index in [9.17, 15) is 4.79 Å². The van der Waals surface area contributed by atoms with Gasteiger partial charge in [-0.15, -0.1) is 24.8 Å². The maximum atomic E-state index is 12.0. The van der Waals surface area contributed by atoms with Crippen molar-refractivity contribution >= 4 is 35.7 Å². The first-order chi connectivity index (χ1) is 7.24. The number of fused-ring (bicyclic) bond motifs is 1. The molecule has 2 N–H and O–H groups in total. The van der Waals surface area contributed by atoms with Crippen LogP contribution in [0.5, 0.6) is 0 Å². The third-order valence-electron chi connectivity index (χ3n) is 2.41. The van der Waals surface area contributed by atoms with Gasteiger partial charge in [0.15, 0.2) is 0 Å². The average molecular weight is 276 g/mol. The van der Waals surface area contributed by atoms with Crippen LogP contribution in [0, 0.1) is 6.92 Å². The first kappa shape index (κ1) is 15.9. The molecule has 6 heteroatoms. The average Bonchev–Trinajstić information content (AvgIpc) is 2.24. The number of benzene rings is 1. The second kappa shape index (κ2) is 6.59. The predicted octanol–water partition coefficient (Wildman–Crippen LogP) is 1.51. The molecule has 0 aliphatic carbocycles. The van der Waals surface area contributed by atoms with E-state index in [0.717, 1.165) is 5.52 Å². The second-order valence-electron chi connectivity index (χ2n) is 3.42. The summed E-state index contributed by atoms with van der Waals surface area (Å²) in [4.78, 5) is 16.4. The number of nitrogens with two attached hydrogens (primary N) is 1. The fourth-order valence-electron chi connectivity index (χ4n) is 1.67. The number of rotatable bonds is 2. The lowest BCUT2D eigenvalue weighted by Crippen LogP contribution is -2.27. The van der Waals surface area contributed by atoms with Crippen molar-refractivity contribution < 1.29 is 0 Å². The molecule has 0 bridgehead atoms. The maximum Gasteiger partial charge on any atom is 0.261 e. The third-order valence-corrected chi connectivity index (χ3v) is 2.41. The van der Waals surface area contributed by atoms with Crippen molar-refractivity contribution in [2.45, 2.75) is 13.5 Å². The molecule has 0 unspecified atom stereocenters. The Kier molecular flexibility index (Phi) is 6.16. The Labute approximate surface area is 112 Å². The molecule has 0 fully saturated rings. The molecule has 0 saturated carbocycles. The van der Waals surface area contributed by atoms with Crippen molar-refractivity contribution in [3.8, 4) is 0 Å². The molecule has 0 spiro atoms. The van der Waals surface area contributed by atoms with E-state index >= 15 is 0 Å². The van der Waals surface area contributed by atoms with Crippen LogP contribution in [0.15, 0.2) is 29.1 Å². The summed E-state index contributed by atoms with van der Waals surface area (Å²) in [6, 6.07) is 7.35. The van der Waals surface area contributed by atoms with Crippen molar-refractivity contribution in [1.29, 1.82) is 0 Å². The number of nitrogens with zero attached hydrogens (tertiary/aromatic N) is 2.